The highest BCUT2D eigenvalue weighted by molar-refractivity contribution is 6.12. The van der Waals surface area contributed by atoms with Gasteiger partial charge in [-0.15, -0.1) is 0 Å². The lowest BCUT2D eigenvalue weighted by atomic mass is 9.92. The first-order valence-electron chi connectivity index (χ1n) is 15.8. The number of hydrogen-bond donors (Lipinski definition) is 0. The Labute approximate surface area is 277 Å². The molecule has 0 atom stereocenters. The molecule has 2 aromatic heterocycles. The summed E-state index contributed by atoms with van der Waals surface area (Å²) in [6.07, 6.45) is -9.75. The van der Waals surface area contributed by atoms with Gasteiger partial charge >= 0.3 is 12.4 Å². The lowest BCUT2D eigenvalue weighted by Gasteiger charge is -2.24. The van der Waals surface area contributed by atoms with Crippen molar-refractivity contribution >= 4 is 43.6 Å². The summed E-state index contributed by atoms with van der Waals surface area (Å²) >= 11 is 0. The van der Waals surface area contributed by atoms with Gasteiger partial charge in [0.1, 0.15) is 0 Å². The van der Waals surface area contributed by atoms with Gasteiger partial charge in [-0.25, -0.2) is 0 Å². The van der Waals surface area contributed by atoms with Crippen molar-refractivity contribution in [2.75, 3.05) is 0 Å². The molecule has 6 aromatic carbocycles. The van der Waals surface area contributed by atoms with E-state index in [0.29, 0.717) is 22.1 Å². The van der Waals surface area contributed by atoms with Crippen molar-refractivity contribution < 1.29 is 26.3 Å². The third kappa shape index (κ3) is 4.80. The van der Waals surface area contributed by atoms with Crippen molar-refractivity contribution in [3.63, 3.8) is 0 Å². The van der Waals surface area contributed by atoms with Gasteiger partial charge in [-0.1, -0.05) is 72.8 Å². The molecule has 49 heavy (non-hydrogen) atoms. The monoisotopic (exact) mass is 662 g/mol. The quantitative estimate of drug-likeness (QED) is 0.167. The Morgan fingerprint density at radius 1 is 0.449 bits per heavy atom. The first-order valence-corrected chi connectivity index (χ1v) is 15.8. The lowest BCUT2D eigenvalue weighted by Crippen LogP contribution is -2.16. The van der Waals surface area contributed by atoms with Crippen LogP contribution >= 0.6 is 0 Å². The normalized spacial score (nSPS) is 12.6. The fourth-order valence-electron chi connectivity index (χ4n) is 7.33. The maximum atomic E-state index is 15.7. The van der Waals surface area contributed by atoms with Crippen molar-refractivity contribution in [1.82, 2.24) is 9.13 Å². The second-order valence-corrected chi connectivity index (χ2v) is 12.6. The third-order valence-corrected chi connectivity index (χ3v) is 9.39. The van der Waals surface area contributed by atoms with Gasteiger partial charge in [0, 0.05) is 21.5 Å². The smallest absolute Gasteiger partial charge is 0.307 e. The molecule has 0 radical (unpaired) electrons. The van der Waals surface area contributed by atoms with Crippen LogP contribution < -0.4 is 0 Å². The molecule has 8 rings (SSSR count). The molecule has 0 aliphatic rings. The van der Waals surface area contributed by atoms with E-state index in [1.807, 2.05) is 86.6 Å². The Hall–Kier alpha value is -5.50. The van der Waals surface area contributed by atoms with E-state index < -0.39 is 23.5 Å². The molecule has 0 spiro atoms. The van der Waals surface area contributed by atoms with E-state index in [9.17, 15) is 13.2 Å². The molecule has 0 N–H and O–H groups in total. The summed E-state index contributed by atoms with van der Waals surface area (Å²) in [4.78, 5) is 0. The molecule has 2 heterocycles. The SMILES string of the molecule is Cc1ccc2c3ccccc3n(-c3cc(-c4c(C)cccc4C(F)(F)F)cc(C(F)(F)F)c3-n3c4ccccc4c4ccc(C)cc43)c2c1. The number of nitrogens with zero attached hydrogens (tertiary/aromatic N) is 2. The zero-order valence-corrected chi connectivity index (χ0v) is 26.6. The van der Waals surface area contributed by atoms with Crippen LogP contribution in [-0.4, -0.2) is 9.13 Å². The van der Waals surface area contributed by atoms with Crippen LogP contribution in [0.2, 0.25) is 0 Å². The maximum Gasteiger partial charge on any atom is 0.418 e. The van der Waals surface area contributed by atoms with Crippen LogP contribution in [0.5, 0.6) is 0 Å². The Balaban J connectivity index is 1.65. The summed E-state index contributed by atoms with van der Waals surface area (Å²) in [7, 11) is 0. The molecule has 8 heteroatoms. The third-order valence-electron chi connectivity index (χ3n) is 9.39. The second kappa shape index (κ2) is 10.8. The zero-order valence-electron chi connectivity index (χ0n) is 26.6. The Bertz CT molecular complexity index is 2620. The topological polar surface area (TPSA) is 9.86 Å². The van der Waals surface area contributed by atoms with Crippen molar-refractivity contribution in [3.8, 4) is 22.5 Å². The minimum atomic E-state index is -4.95. The van der Waals surface area contributed by atoms with E-state index in [2.05, 4.69) is 0 Å². The van der Waals surface area contributed by atoms with Gasteiger partial charge in [-0.3, -0.25) is 0 Å². The van der Waals surface area contributed by atoms with E-state index in [0.717, 1.165) is 44.8 Å². The molecule has 0 saturated carbocycles. The van der Waals surface area contributed by atoms with E-state index in [1.165, 1.54) is 25.1 Å². The van der Waals surface area contributed by atoms with E-state index >= 15 is 13.2 Å². The fraction of sp³-hybridized carbons (Fsp3) is 0.122. The summed E-state index contributed by atoms with van der Waals surface area (Å²) in [5.74, 6) is 0. The molecule has 244 valence electrons. The molecule has 0 saturated heterocycles. The number of benzene rings is 6. The molecule has 8 aromatic rings. The van der Waals surface area contributed by atoms with E-state index in [4.69, 9.17) is 0 Å². The van der Waals surface area contributed by atoms with Gasteiger partial charge in [0.15, 0.2) is 0 Å². The van der Waals surface area contributed by atoms with Crippen LogP contribution in [0.25, 0.3) is 66.1 Å². The molecule has 0 aliphatic carbocycles. The van der Waals surface area contributed by atoms with Crippen molar-refractivity contribution in [1.29, 1.82) is 0 Å². The van der Waals surface area contributed by atoms with Crippen molar-refractivity contribution in [3.05, 3.63) is 143 Å². The van der Waals surface area contributed by atoms with Crippen LogP contribution in [0.15, 0.2) is 115 Å². The van der Waals surface area contributed by atoms with Gasteiger partial charge in [0.25, 0.3) is 0 Å². The first kappa shape index (κ1) is 30.8. The lowest BCUT2D eigenvalue weighted by molar-refractivity contribution is -0.137. The Morgan fingerprint density at radius 3 is 1.53 bits per heavy atom. The average Bonchev–Trinajstić information content (AvgIpc) is 3.54. The minimum Gasteiger partial charge on any atom is -0.307 e. The Kier molecular flexibility index (Phi) is 6.76. The average molecular weight is 663 g/mol. The van der Waals surface area contributed by atoms with Crippen LogP contribution in [0, 0.1) is 20.8 Å². The molecule has 0 unspecified atom stereocenters. The maximum absolute atomic E-state index is 15.7. The van der Waals surface area contributed by atoms with Crippen LogP contribution in [0.4, 0.5) is 26.3 Å². The number of fused-ring (bicyclic) bond motifs is 6. The number of hydrogen-bond acceptors (Lipinski definition) is 0. The van der Waals surface area contributed by atoms with Gasteiger partial charge in [0.2, 0.25) is 0 Å². The van der Waals surface area contributed by atoms with Crippen LogP contribution in [0.1, 0.15) is 27.8 Å². The number of halogens is 6. The largest absolute Gasteiger partial charge is 0.418 e. The van der Waals surface area contributed by atoms with Crippen molar-refractivity contribution in [2.24, 2.45) is 0 Å². The summed E-state index contributed by atoms with van der Waals surface area (Å²) in [5, 5.41) is 3.15. The predicted molar refractivity (Wildman–Crippen MR) is 185 cm³/mol. The zero-order chi connectivity index (χ0) is 34.4. The van der Waals surface area contributed by atoms with Gasteiger partial charge in [-0.05, 0) is 91.1 Å². The van der Waals surface area contributed by atoms with Gasteiger partial charge in [-0.2, -0.15) is 26.3 Å². The van der Waals surface area contributed by atoms with Gasteiger partial charge < -0.3 is 9.13 Å². The minimum absolute atomic E-state index is 0.113. The molecular formula is C41H28F6N2. The van der Waals surface area contributed by atoms with Crippen LogP contribution in [0.3, 0.4) is 0 Å². The van der Waals surface area contributed by atoms with Gasteiger partial charge in [0.05, 0.1) is 44.6 Å². The first-order chi connectivity index (χ1) is 23.3. The molecule has 0 fully saturated rings. The number of alkyl halides is 6. The number of rotatable bonds is 3. The van der Waals surface area contributed by atoms with Crippen molar-refractivity contribution in [2.45, 2.75) is 33.1 Å². The molecule has 2 nitrogen and oxygen atoms in total. The number of aryl methyl sites for hydroxylation is 3. The van der Waals surface area contributed by atoms with E-state index in [-0.39, 0.29) is 28.1 Å². The highest BCUT2D eigenvalue weighted by Crippen LogP contribution is 2.48. The highest BCUT2D eigenvalue weighted by Gasteiger charge is 2.39. The summed E-state index contributed by atoms with van der Waals surface area (Å²) < 4.78 is 94.2. The molecule has 0 aliphatic heterocycles. The summed E-state index contributed by atoms with van der Waals surface area (Å²) in [6.45, 7) is 5.27. The highest BCUT2D eigenvalue weighted by atomic mass is 19.4. The number of aromatic nitrogens is 2. The van der Waals surface area contributed by atoms with Crippen LogP contribution in [-0.2, 0) is 12.4 Å². The second-order valence-electron chi connectivity index (χ2n) is 12.6. The predicted octanol–water partition coefficient (Wildman–Crippen LogP) is 12.5. The Morgan fingerprint density at radius 2 is 0.959 bits per heavy atom. The molecule has 0 bridgehead atoms. The molecule has 0 amide bonds. The summed E-state index contributed by atoms with van der Waals surface area (Å²) in [5.41, 5.74) is 1.78. The molecular weight excluding hydrogens is 634 g/mol. The van der Waals surface area contributed by atoms with E-state index in [1.54, 1.807) is 21.3 Å². The summed E-state index contributed by atoms with van der Waals surface area (Å²) in [6, 6.07) is 32.2. The standard InChI is InChI=1S/C41H28F6N2/c1-23-15-17-29-27-10-4-6-13-33(27)48(35(29)19-23)37-22-26(38-25(3)9-8-12-31(38)40(42,43)44)21-32(41(45,46)47)39(37)49-34-14-7-5-11-28(34)30-18-16-24(2)20-36(30)49/h4-22H,1-3H3. The number of para-hydroxylation sites is 2. The fourth-order valence-corrected chi connectivity index (χ4v) is 7.33.